The molecule has 2 fully saturated rings. The van der Waals surface area contributed by atoms with Gasteiger partial charge in [0, 0.05) is 36.3 Å². The van der Waals surface area contributed by atoms with E-state index in [4.69, 9.17) is 16.6 Å². The molecule has 3 aromatic rings. The standard InChI is InChI=1S/C24H29ClFN5O2/c1-2-29-22(32)20-21(31(24(29)33)16-9-4-5-10-16)27-23(28-13-6-3-7-14-28)30(20)15-17-18(25)11-8-12-19(17)26/h8,11-12,16H,2-7,9-10,13-15H2,1H3. The summed E-state index contributed by atoms with van der Waals surface area (Å²) >= 11 is 6.37. The van der Waals surface area contributed by atoms with E-state index in [2.05, 4.69) is 4.90 Å². The molecule has 1 saturated carbocycles. The maximum Gasteiger partial charge on any atom is 0.332 e. The second-order valence-corrected chi connectivity index (χ2v) is 9.47. The van der Waals surface area contributed by atoms with Gasteiger partial charge in [-0.1, -0.05) is 30.5 Å². The fourth-order valence-corrected chi connectivity index (χ4v) is 5.56. The molecule has 0 unspecified atom stereocenters. The number of anilines is 1. The minimum Gasteiger partial charge on any atom is -0.342 e. The predicted molar refractivity (Wildman–Crippen MR) is 128 cm³/mol. The van der Waals surface area contributed by atoms with Crippen molar-refractivity contribution in [2.45, 2.75) is 71.0 Å². The van der Waals surface area contributed by atoms with Crippen LogP contribution in [-0.2, 0) is 13.1 Å². The summed E-state index contributed by atoms with van der Waals surface area (Å²) in [7, 11) is 0. The summed E-state index contributed by atoms with van der Waals surface area (Å²) in [6, 6.07) is 4.62. The van der Waals surface area contributed by atoms with Crippen LogP contribution in [0.5, 0.6) is 0 Å². The lowest BCUT2D eigenvalue weighted by molar-refractivity contribution is 0.479. The summed E-state index contributed by atoms with van der Waals surface area (Å²) in [4.78, 5) is 34.0. The third-order valence-electron chi connectivity index (χ3n) is 7.06. The van der Waals surface area contributed by atoms with Gasteiger partial charge in [-0.3, -0.25) is 18.5 Å². The first-order valence-electron chi connectivity index (χ1n) is 11.9. The fraction of sp³-hybridized carbons (Fsp3) is 0.542. The van der Waals surface area contributed by atoms with Crippen LogP contribution in [0.25, 0.3) is 11.2 Å². The first-order valence-corrected chi connectivity index (χ1v) is 12.3. The Labute approximate surface area is 196 Å². The number of hydrogen-bond acceptors (Lipinski definition) is 4. The maximum absolute atomic E-state index is 14.8. The second-order valence-electron chi connectivity index (χ2n) is 9.06. The van der Waals surface area contributed by atoms with Crippen molar-refractivity contribution in [2.24, 2.45) is 0 Å². The van der Waals surface area contributed by atoms with Crippen LogP contribution in [-0.4, -0.2) is 31.8 Å². The van der Waals surface area contributed by atoms with Crippen molar-refractivity contribution in [3.05, 3.63) is 55.4 Å². The Morgan fingerprint density at radius 1 is 1.06 bits per heavy atom. The van der Waals surface area contributed by atoms with Crippen LogP contribution >= 0.6 is 11.6 Å². The third-order valence-corrected chi connectivity index (χ3v) is 7.42. The Hall–Kier alpha value is -2.61. The average Bonchev–Trinajstić information content (AvgIpc) is 3.46. The van der Waals surface area contributed by atoms with Gasteiger partial charge in [0.1, 0.15) is 5.82 Å². The van der Waals surface area contributed by atoms with Crippen LogP contribution in [0.1, 0.15) is 63.5 Å². The van der Waals surface area contributed by atoms with Gasteiger partial charge in [-0.25, -0.2) is 9.18 Å². The van der Waals surface area contributed by atoms with Crippen LogP contribution in [0.4, 0.5) is 10.3 Å². The Morgan fingerprint density at radius 2 is 1.79 bits per heavy atom. The van der Waals surface area contributed by atoms with Crippen molar-refractivity contribution >= 4 is 28.7 Å². The lowest BCUT2D eigenvalue weighted by Crippen LogP contribution is -2.41. The molecule has 0 spiro atoms. The number of benzene rings is 1. The summed E-state index contributed by atoms with van der Waals surface area (Å²) in [6.45, 7) is 3.77. The maximum atomic E-state index is 14.8. The van der Waals surface area contributed by atoms with E-state index in [-0.39, 0.29) is 30.4 Å². The van der Waals surface area contributed by atoms with Gasteiger partial charge in [0.05, 0.1) is 6.54 Å². The highest BCUT2D eigenvalue weighted by Crippen LogP contribution is 2.32. The van der Waals surface area contributed by atoms with Crippen LogP contribution in [0.3, 0.4) is 0 Å². The largest absolute Gasteiger partial charge is 0.342 e. The van der Waals surface area contributed by atoms with Crippen molar-refractivity contribution in [3.8, 4) is 0 Å². The molecule has 0 radical (unpaired) electrons. The van der Waals surface area contributed by atoms with Gasteiger partial charge >= 0.3 is 5.69 Å². The molecule has 5 rings (SSSR count). The van der Waals surface area contributed by atoms with Crippen LogP contribution < -0.4 is 16.1 Å². The van der Waals surface area contributed by atoms with Crippen molar-refractivity contribution < 1.29 is 4.39 Å². The number of aromatic nitrogens is 4. The highest BCUT2D eigenvalue weighted by Gasteiger charge is 2.29. The molecule has 33 heavy (non-hydrogen) atoms. The zero-order valence-electron chi connectivity index (χ0n) is 18.9. The third kappa shape index (κ3) is 3.78. The highest BCUT2D eigenvalue weighted by atomic mass is 35.5. The number of halogens is 2. The molecule has 3 heterocycles. The van der Waals surface area contributed by atoms with E-state index in [1.54, 1.807) is 28.2 Å². The van der Waals surface area contributed by atoms with Gasteiger partial charge in [0.15, 0.2) is 11.2 Å². The normalized spacial score (nSPS) is 17.4. The summed E-state index contributed by atoms with van der Waals surface area (Å²) in [5.41, 5.74) is 0.395. The first-order chi connectivity index (χ1) is 16.0. The number of imidazole rings is 1. The summed E-state index contributed by atoms with van der Waals surface area (Å²) in [5, 5.41) is 0.307. The zero-order chi connectivity index (χ0) is 23.1. The van der Waals surface area contributed by atoms with Gasteiger partial charge in [-0.05, 0) is 51.2 Å². The molecule has 9 heteroatoms. The molecule has 0 bridgehead atoms. The first kappa shape index (κ1) is 22.2. The quantitative estimate of drug-likeness (QED) is 0.553. The van der Waals surface area contributed by atoms with Crippen LogP contribution in [0.15, 0.2) is 27.8 Å². The molecule has 2 aliphatic rings. The second kappa shape index (κ2) is 8.97. The molecular formula is C24H29ClFN5O2. The topological polar surface area (TPSA) is 65.1 Å². The Morgan fingerprint density at radius 3 is 2.45 bits per heavy atom. The molecule has 0 atom stereocenters. The highest BCUT2D eigenvalue weighted by molar-refractivity contribution is 6.31. The number of hydrogen-bond donors (Lipinski definition) is 0. The van der Waals surface area contributed by atoms with E-state index in [0.29, 0.717) is 27.7 Å². The van der Waals surface area contributed by atoms with E-state index in [0.717, 1.165) is 58.0 Å². The smallest absolute Gasteiger partial charge is 0.332 e. The molecule has 0 amide bonds. The lowest BCUT2D eigenvalue weighted by atomic mass is 10.1. The van der Waals surface area contributed by atoms with Gasteiger partial charge < -0.3 is 4.90 Å². The monoisotopic (exact) mass is 473 g/mol. The predicted octanol–water partition coefficient (Wildman–Crippen LogP) is 4.33. The van der Waals surface area contributed by atoms with Crippen molar-refractivity contribution in [2.75, 3.05) is 18.0 Å². The van der Waals surface area contributed by atoms with E-state index in [1.807, 2.05) is 0 Å². The number of piperidine rings is 1. The SMILES string of the molecule is CCn1c(=O)c2c(nc(N3CCCCC3)n2Cc2c(F)cccc2Cl)n(C2CCCC2)c1=O. The molecular weight excluding hydrogens is 445 g/mol. The summed E-state index contributed by atoms with van der Waals surface area (Å²) in [6.07, 6.45) is 7.08. The zero-order valence-corrected chi connectivity index (χ0v) is 19.7. The van der Waals surface area contributed by atoms with E-state index < -0.39 is 5.82 Å². The molecule has 7 nitrogen and oxygen atoms in total. The summed E-state index contributed by atoms with van der Waals surface area (Å²) in [5.74, 6) is 0.190. The van der Waals surface area contributed by atoms with Gasteiger partial charge in [-0.2, -0.15) is 4.98 Å². The number of rotatable bonds is 5. The Balaban J connectivity index is 1.81. The molecule has 2 aromatic heterocycles. The number of nitrogens with zero attached hydrogens (tertiary/aromatic N) is 5. The molecule has 1 aliphatic carbocycles. The van der Waals surface area contributed by atoms with Gasteiger partial charge in [-0.15, -0.1) is 0 Å². The minimum absolute atomic E-state index is 0.0213. The average molecular weight is 474 g/mol. The molecule has 1 saturated heterocycles. The molecule has 0 N–H and O–H groups in total. The van der Waals surface area contributed by atoms with Gasteiger partial charge in [0.2, 0.25) is 5.95 Å². The van der Waals surface area contributed by atoms with Gasteiger partial charge in [0.25, 0.3) is 5.56 Å². The number of fused-ring (bicyclic) bond motifs is 1. The summed E-state index contributed by atoms with van der Waals surface area (Å²) < 4.78 is 19.6. The van der Waals surface area contributed by atoms with Crippen molar-refractivity contribution in [1.82, 2.24) is 18.7 Å². The molecule has 176 valence electrons. The van der Waals surface area contributed by atoms with E-state index in [1.165, 1.54) is 10.6 Å². The van der Waals surface area contributed by atoms with Crippen LogP contribution in [0.2, 0.25) is 5.02 Å². The fourth-order valence-electron chi connectivity index (χ4n) is 5.34. The Bertz CT molecular complexity index is 1280. The lowest BCUT2D eigenvalue weighted by Gasteiger charge is -2.28. The minimum atomic E-state index is -0.422. The van der Waals surface area contributed by atoms with E-state index in [9.17, 15) is 14.0 Å². The van der Waals surface area contributed by atoms with Crippen molar-refractivity contribution in [1.29, 1.82) is 0 Å². The van der Waals surface area contributed by atoms with Crippen LogP contribution in [0, 0.1) is 5.82 Å². The molecule has 1 aromatic carbocycles. The Kier molecular flexibility index (Phi) is 6.03. The van der Waals surface area contributed by atoms with E-state index >= 15 is 0 Å². The molecule has 1 aliphatic heterocycles. The van der Waals surface area contributed by atoms with Crippen molar-refractivity contribution in [3.63, 3.8) is 0 Å².